The van der Waals surface area contributed by atoms with Crippen LogP contribution in [0.15, 0.2) is 42.5 Å². The summed E-state index contributed by atoms with van der Waals surface area (Å²) in [5, 5.41) is 0. The van der Waals surface area contributed by atoms with Crippen molar-refractivity contribution in [2.24, 2.45) is 0 Å². The van der Waals surface area contributed by atoms with Gasteiger partial charge in [0.05, 0.1) is 16.7 Å². The minimum absolute atomic E-state index is 0.101. The molecule has 0 saturated carbocycles. The second-order valence-corrected chi connectivity index (χ2v) is 7.84. The van der Waals surface area contributed by atoms with E-state index in [1.165, 1.54) is 0 Å². The van der Waals surface area contributed by atoms with Crippen LogP contribution >= 0.6 is 0 Å². The average Bonchev–Trinajstić information content (AvgIpc) is 2.71. The number of carbonyl (C=O) groups excluding carboxylic acids is 2. The fourth-order valence-electron chi connectivity index (χ4n) is 3.70. The van der Waals surface area contributed by atoms with E-state index in [0.29, 0.717) is 17.7 Å². The SMILES string of the molecule is O=C1CCN(C(=O)c2cc(C(F)(F)F)cc(C(F)(F)F)c2)C(Cc2ccc(C(F)(F)F)cc2)C1. The summed E-state index contributed by atoms with van der Waals surface area (Å²) in [6, 6.07) is 3.44. The van der Waals surface area contributed by atoms with Crippen LogP contribution in [0.25, 0.3) is 0 Å². The van der Waals surface area contributed by atoms with Gasteiger partial charge in [0.15, 0.2) is 0 Å². The maximum Gasteiger partial charge on any atom is 0.416 e. The first-order chi connectivity index (χ1) is 15.6. The fraction of sp³-hybridized carbons (Fsp3) is 0.364. The maximum absolute atomic E-state index is 13.2. The molecular formula is C22H16F9NO2. The molecule has 1 heterocycles. The third-order valence-corrected chi connectivity index (χ3v) is 5.38. The summed E-state index contributed by atoms with van der Waals surface area (Å²) in [4.78, 5) is 25.9. The second kappa shape index (κ2) is 8.95. The molecule has 3 rings (SSSR count). The van der Waals surface area contributed by atoms with Crippen molar-refractivity contribution >= 4 is 11.7 Å². The van der Waals surface area contributed by atoms with Gasteiger partial charge in [-0.1, -0.05) is 12.1 Å². The molecule has 0 radical (unpaired) electrons. The normalized spacial score (nSPS) is 17.7. The number of alkyl halides is 9. The van der Waals surface area contributed by atoms with Crippen LogP contribution in [-0.4, -0.2) is 29.2 Å². The highest BCUT2D eigenvalue weighted by Crippen LogP contribution is 2.37. The number of hydrogen-bond donors (Lipinski definition) is 0. The van der Waals surface area contributed by atoms with E-state index < -0.39 is 52.7 Å². The molecule has 0 bridgehead atoms. The number of carbonyl (C=O) groups is 2. The van der Waals surface area contributed by atoms with Crippen molar-refractivity contribution < 1.29 is 49.1 Å². The average molecular weight is 497 g/mol. The number of ketones is 1. The van der Waals surface area contributed by atoms with Gasteiger partial charge in [-0.05, 0) is 42.3 Å². The molecule has 1 atom stereocenters. The lowest BCUT2D eigenvalue weighted by atomic mass is 9.93. The van der Waals surface area contributed by atoms with Crippen LogP contribution in [0, 0.1) is 0 Å². The van der Waals surface area contributed by atoms with Crippen molar-refractivity contribution in [2.45, 2.75) is 43.8 Å². The van der Waals surface area contributed by atoms with Gasteiger partial charge in [-0.25, -0.2) is 0 Å². The molecule has 1 amide bonds. The van der Waals surface area contributed by atoms with Gasteiger partial charge < -0.3 is 4.90 Å². The van der Waals surface area contributed by atoms with Crippen molar-refractivity contribution in [2.75, 3.05) is 6.54 Å². The number of Topliss-reactive ketones (excluding diaryl/α,β-unsaturated/α-hetero) is 1. The smallest absolute Gasteiger partial charge is 0.334 e. The molecule has 0 spiro atoms. The molecular weight excluding hydrogens is 481 g/mol. The van der Waals surface area contributed by atoms with Gasteiger partial charge in [-0.2, -0.15) is 39.5 Å². The molecule has 0 aromatic heterocycles. The van der Waals surface area contributed by atoms with Crippen LogP contribution in [-0.2, 0) is 29.7 Å². The van der Waals surface area contributed by atoms with Crippen molar-refractivity contribution in [1.29, 1.82) is 0 Å². The molecule has 1 aliphatic heterocycles. The Morgan fingerprint density at radius 3 is 1.76 bits per heavy atom. The van der Waals surface area contributed by atoms with E-state index in [-0.39, 0.29) is 37.7 Å². The summed E-state index contributed by atoms with van der Waals surface area (Å²) in [6.07, 6.45) is -15.4. The van der Waals surface area contributed by atoms with Gasteiger partial charge in [-0.15, -0.1) is 0 Å². The highest BCUT2D eigenvalue weighted by molar-refractivity contribution is 5.96. The lowest BCUT2D eigenvalue weighted by Crippen LogP contribution is -2.47. The first kappa shape index (κ1) is 25.6. The molecule has 12 heteroatoms. The highest BCUT2D eigenvalue weighted by Gasteiger charge is 2.39. The number of amides is 1. The van der Waals surface area contributed by atoms with Crippen molar-refractivity contribution in [1.82, 2.24) is 4.90 Å². The Bertz CT molecular complexity index is 1040. The van der Waals surface area contributed by atoms with Crippen LogP contribution < -0.4 is 0 Å². The number of likely N-dealkylation sites (tertiary alicyclic amines) is 1. The predicted octanol–water partition coefficient (Wildman–Crippen LogP) is 6.16. The minimum atomic E-state index is -5.15. The molecule has 3 nitrogen and oxygen atoms in total. The van der Waals surface area contributed by atoms with Gasteiger partial charge in [0.2, 0.25) is 0 Å². The van der Waals surface area contributed by atoms with Gasteiger partial charge in [-0.3, -0.25) is 9.59 Å². The van der Waals surface area contributed by atoms with Crippen LogP contribution in [0.3, 0.4) is 0 Å². The summed E-state index contributed by atoms with van der Waals surface area (Å²) in [5.41, 5.74) is -4.77. The molecule has 2 aromatic rings. The summed E-state index contributed by atoms with van der Waals surface area (Å²) in [5.74, 6) is -1.43. The van der Waals surface area contributed by atoms with Crippen molar-refractivity contribution in [3.63, 3.8) is 0 Å². The van der Waals surface area contributed by atoms with Gasteiger partial charge in [0.25, 0.3) is 5.91 Å². The molecule has 0 N–H and O–H groups in total. The van der Waals surface area contributed by atoms with Gasteiger partial charge in [0.1, 0.15) is 5.78 Å². The molecule has 34 heavy (non-hydrogen) atoms. The van der Waals surface area contributed by atoms with E-state index in [1.54, 1.807) is 0 Å². The third-order valence-electron chi connectivity index (χ3n) is 5.38. The summed E-state index contributed by atoms with van der Waals surface area (Å²) in [7, 11) is 0. The molecule has 1 unspecified atom stereocenters. The van der Waals surface area contributed by atoms with E-state index in [9.17, 15) is 49.1 Å². The number of halogens is 9. The van der Waals surface area contributed by atoms with Crippen molar-refractivity contribution in [3.8, 4) is 0 Å². The standard InChI is InChI=1S/C22H16F9NO2/c23-20(24,25)14-3-1-12(2-4-14)7-17-11-18(33)5-6-32(17)19(34)13-8-15(21(26,27)28)10-16(9-13)22(29,30)31/h1-4,8-10,17H,5-7,11H2. The minimum Gasteiger partial charge on any atom is -0.334 e. The Kier molecular flexibility index (Phi) is 6.73. The zero-order chi connectivity index (χ0) is 25.5. The first-order valence-corrected chi connectivity index (χ1v) is 9.84. The Morgan fingerprint density at radius 1 is 0.794 bits per heavy atom. The Labute approximate surface area is 187 Å². The monoisotopic (exact) mass is 497 g/mol. The topological polar surface area (TPSA) is 37.4 Å². The quantitative estimate of drug-likeness (QED) is 0.477. The Hall–Kier alpha value is -3.05. The lowest BCUT2D eigenvalue weighted by molar-refractivity contribution is -0.143. The van der Waals surface area contributed by atoms with E-state index >= 15 is 0 Å². The summed E-state index contributed by atoms with van der Waals surface area (Å²) < 4.78 is 117. The second-order valence-electron chi connectivity index (χ2n) is 7.84. The molecule has 184 valence electrons. The van der Waals surface area contributed by atoms with E-state index in [1.807, 2.05) is 0 Å². The molecule has 1 saturated heterocycles. The van der Waals surface area contributed by atoms with E-state index in [4.69, 9.17) is 0 Å². The number of nitrogens with zero attached hydrogens (tertiary/aromatic N) is 1. The van der Waals surface area contributed by atoms with Crippen LogP contribution in [0.4, 0.5) is 39.5 Å². The molecule has 1 aliphatic rings. The third kappa shape index (κ3) is 5.89. The van der Waals surface area contributed by atoms with E-state index in [2.05, 4.69) is 0 Å². The maximum atomic E-state index is 13.2. The zero-order valence-corrected chi connectivity index (χ0v) is 17.1. The number of piperidine rings is 1. The molecule has 1 fully saturated rings. The Morgan fingerprint density at radius 2 is 1.29 bits per heavy atom. The van der Waals surface area contributed by atoms with Crippen molar-refractivity contribution in [3.05, 3.63) is 70.3 Å². The zero-order valence-electron chi connectivity index (χ0n) is 17.1. The van der Waals surface area contributed by atoms with Gasteiger partial charge in [0, 0.05) is 31.0 Å². The molecule has 0 aliphatic carbocycles. The predicted molar refractivity (Wildman–Crippen MR) is 101 cm³/mol. The number of rotatable bonds is 3. The first-order valence-electron chi connectivity index (χ1n) is 9.84. The van der Waals surface area contributed by atoms with Gasteiger partial charge >= 0.3 is 18.5 Å². The Balaban J connectivity index is 1.93. The van der Waals surface area contributed by atoms with Crippen LogP contribution in [0.1, 0.15) is 45.5 Å². The van der Waals surface area contributed by atoms with E-state index in [0.717, 1.165) is 29.2 Å². The fourth-order valence-corrected chi connectivity index (χ4v) is 3.70. The molecule has 2 aromatic carbocycles. The lowest BCUT2D eigenvalue weighted by Gasteiger charge is -2.35. The highest BCUT2D eigenvalue weighted by atomic mass is 19.4. The number of hydrogen-bond acceptors (Lipinski definition) is 2. The summed E-state index contributed by atoms with van der Waals surface area (Å²) >= 11 is 0. The largest absolute Gasteiger partial charge is 0.416 e. The summed E-state index contributed by atoms with van der Waals surface area (Å²) in [6.45, 7) is -0.249. The van der Waals surface area contributed by atoms with Crippen LogP contribution in [0.2, 0.25) is 0 Å². The van der Waals surface area contributed by atoms with Crippen LogP contribution in [0.5, 0.6) is 0 Å². The number of benzene rings is 2.